The fraction of sp³-hybridized carbons (Fsp3) is 0.280. The topological polar surface area (TPSA) is 77.1 Å². The van der Waals surface area contributed by atoms with Gasteiger partial charge < -0.3 is 9.88 Å². The molecule has 0 aliphatic heterocycles. The van der Waals surface area contributed by atoms with Crippen molar-refractivity contribution in [1.82, 2.24) is 29.5 Å². The molecule has 32 heavy (non-hydrogen) atoms. The van der Waals surface area contributed by atoms with E-state index in [0.29, 0.717) is 25.9 Å². The van der Waals surface area contributed by atoms with Gasteiger partial charge in [-0.3, -0.25) is 4.79 Å². The van der Waals surface area contributed by atoms with Crippen LogP contribution in [-0.4, -0.2) is 36.6 Å². The van der Waals surface area contributed by atoms with Crippen molar-refractivity contribution in [2.24, 2.45) is 0 Å². The van der Waals surface area contributed by atoms with Gasteiger partial charge in [0.1, 0.15) is 5.82 Å². The number of nitrogens with zero attached hydrogens (tertiary/aromatic N) is 5. The first-order chi connectivity index (χ1) is 15.5. The highest BCUT2D eigenvalue weighted by atomic mass is 16.1. The molecule has 5 rings (SSSR count). The Kier molecular flexibility index (Phi) is 5.09. The van der Waals surface area contributed by atoms with E-state index in [-0.39, 0.29) is 5.91 Å². The number of aryl methyl sites for hydroxylation is 3. The number of hydrogen-bond acceptors (Lipinski definition) is 4. The second kappa shape index (κ2) is 8.07. The van der Waals surface area contributed by atoms with E-state index in [1.165, 1.54) is 0 Å². The Morgan fingerprint density at radius 1 is 0.969 bits per heavy atom. The van der Waals surface area contributed by atoms with Crippen LogP contribution in [0.2, 0.25) is 0 Å². The van der Waals surface area contributed by atoms with Gasteiger partial charge in [-0.25, -0.2) is 14.5 Å². The average Bonchev–Trinajstić information content (AvgIpc) is 3.31. The van der Waals surface area contributed by atoms with Crippen LogP contribution in [0.5, 0.6) is 0 Å². The number of carbonyl (C=O) groups excluding carboxylic acids is 1. The summed E-state index contributed by atoms with van der Waals surface area (Å²) in [5.41, 5.74) is 6.95. The molecular formula is C25H26N6O. The summed E-state index contributed by atoms with van der Waals surface area (Å²) in [6.07, 6.45) is 1.05. The minimum atomic E-state index is 0.0385. The van der Waals surface area contributed by atoms with Gasteiger partial charge in [-0.1, -0.05) is 24.3 Å². The molecule has 5 aromatic rings. The molecule has 162 valence electrons. The summed E-state index contributed by atoms with van der Waals surface area (Å²) in [6, 6.07) is 16.1. The Morgan fingerprint density at radius 2 is 1.72 bits per heavy atom. The predicted octanol–water partition coefficient (Wildman–Crippen LogP) is 3.91. The molecule has 0 atom stereocenters. The number of fused-ring (bicyclic) bond motifs is 4. The Labute approximate surface area is 186 Å². The molecule has 0 bridgehead atoms. The minimum Gasteiger partial charge on any atom is -0.354 e. The molecule has 0 aliphatic rings. The van der Waals surface area contributed by atoms with Crippen LogP contribution >= 0.6 is 0 Å². The van der Waals surface area contributed by atoms with E-state index in [9.17, 15) is 4.79 Å². The maximum Gasteiger partial charge on any atom is 0.220 e. The van der Waals surface area contributed by atoms with Crippen LogP contribution in [0.15, 0.2) is 48.5 Å². The SMILES string of the molecule is Cc1nc2c3ccccc3nn2c(C)c1CCC(=O)NCCn1c(C)nc2ccccc21. The highest BCUT2D eigenvalue weighted by molar-refractivity contribution is 5.92. The number of rotatable bonds is 6. The second-order valence-electron chi connectivity index (χ2n) is 8.16. The minimum absolute atomic E-state index is 0.0385. The quantitative estimate of drug-likeness (QED) is 0.447. The van der Waals surface area contributed by atoms with Gasteiger partial charge in [0.25, 0.3) is 0 Å². The first kappa shape index (κ1) is 20.2. The maximum atomic E-state index is 12.5. The number of hydrogen-bond donors (Lipinski definition) is 1. The van der Waals surface area contributed by atoms with E-state index in [1.807, 2.05) is 67.8 Å². The third-order valence-corrected chi connectivity index (χ3v) is 6.12. The fourth-order valence-corrected chi connectivity index (χ4v) is 4.45. The van der Waals surface area contributed by atoms with Crippen LogP contribution in [0.4, 0.5) is 0 Å². The van der Waals surface area contributed by atoms with Crippen molar-refractivity contribution in [2.45, 2.75) is 40.2 Å². The van der Waals surface area contributed by atoms with Crippen LogP contribution in [0, 0.1) is 20.8 Å². The van der Waals surface area contributed by atoms with Gasteiger partial charge >= 0.3 is 0 Å². The number of amides is 1. The number of aromatic nitrogens is 5. The van der Waals surface area contributed by atoms with Gasteiger partial charge in [0, 0.05) is 36.3 Å². The molecule has 0 saturated carbocycles. The predicted molar refractivity (Wildman–Crippen MR) is 126 cm³/mol. The first-order valence-corrected chi connectivity index (χ1v) is 10.9. The summed E-state index contributed by atoms with van der Waals surface area (Å²) in [6.45, 7) is 7.32. The normalized spacial score (nSPS) is 11.6. The molecule has 0 radical (unpaired) electrons. The summed E-state index contributed by atoms with van der Waals surface area (Å²) in [7, 11) is 0. The Bertz CT molecular complexity index is 1460. The Hall–Kier alpha value is -3.74. The number of carbonyl (C=O) groups is 1. The summed E-state index contributed by atoms with van der Waals surface area (Å²) < 4.78 is 4.04. The summed E-state index contributed by atoms with van der Waals surface area (Å²) in [4.78, 5) is 21.9. The zero-order valence-electron chi connectivity index (χ0n) is 18.6. The lowest BCUT2D eigenvalue weighted by molar-refractivity contribution is -0.121. The largest absolute Gasteiger partial charge is 0.354 e. The number of imidazole rings is 1. The van der Waals surface area contributed by atoms with Crippen molar-refractivity contribution < 1.29 is 4.79 Å². The number of nitrogens with one attached hydrogen (secondary N) is 1. The third-order valence-electron chi connectivity index (χ3n) is 6.12. The van der Waals surface area contributed by atoms with Gasteiger partial charge in [-0.2, -0.15) is 5.10 Å². The van der Waals surface area contributed by atoms with Gasteiger partial charge in [-0.15, -0.1) is 0 Å². The van der Waals surface area contributed by atoms with Crippen LogP contribution in [0.1, 0.15) is 29.2 Å². The third kappa shape index (κ3) is 3.49. The van der Waals surface area contributed by atoms with Crippen LogP contribution < -0.4 is 5.32 Å². The first-order valence-electron chi connectivity index (χ1n) is 10.9. The molecule has 0 saturated heterocycles. The van der Waals surface area contributed by atoms with Crippen LogP contribution in [-0.2, 0) is 17.8 Å². The van der Waals surface area contributed by atoms with E-state index < -0.39 is 0 Å². The zero-order valence-corrected chi connectivity index (χ0v) is 18.6. The molecule has 7 nitrogen and oxygen atoms in total. The van der Waals surface area contributed by atoms with E-state index in [2.05, 4.69) is 20.9 Å². The number of para-hydroxylation sites is 2. The maximum absolute atomic E-state index is 12.5. The smallest absolute Gasteiger partial charge is 0.220 e. The summed E-state index contributed by atoms with van der Waals surface area (Å²) >= 11 is 0. The lowest BCUT2D eigenvalue weighted by Crippen LogP contribution is -2.27. The highest BCUT2D eigenvalue weighted by Crippen LogP contribution is 2.23. The molecule has 0 fully saturated rings. The monoisotopic (exact) mass is 426 g/mol. The van der Waals surface area contributed by atoms with Crippen LogP contribution in [0.25, 0.3) is 27.6 Å². The van der Waals surface area contributed by atoms with Crippen molar-refractivity contribution in [1.29, 1.82) is 0 Å². The standard InChI is InChI=1S/C25H26N6O/c1-16-19(17(2)31-25(27-16)20-8-4-5-9-21(20)29-31)12-13-24(32)26-14-15-30-18(3)28-22-10-6-7-11-23(22)30/h4-11H,12-15H2,1-3H3,(H,26,32). The van der Waals surface area contributed by atoms with Crippen molar-refractivity contribution in [2.75, 3.05) is 6.54 Å². The lowest BCUT2D eigenvalue weighted by atomic mass is 10.1. The molecule has 0 aliphatic carbocycles. The Morgan fingerprint density at radius 3 is 2.56 bits per heavy atom. The van der Waals surface area contributed by atoms with Gasteiger partial charge in [0.05, 0.1) is 16.6 Å². The van der Waals surface area contributed by atoms with Crippen molar-refractivity contribution in [3.63, 3.8) is 0 Å². The van der Waals surface area contributed by atoms with Gasteiger partial charge in [0.2, 0.25) is 5.91 Å². The van der Waals surface area contributed by atoms with Crippen LogP contribution in [0.3, 0.4) is 0 Å². The van der Waals surface area contributed by atoms with E-state index in [1.54, 1.807) is 0 Å². The molecular weight excluding hydrogens is 400 g/mol. The molecule has 1 amide bonds. The fourth-order valence-electron chi connectivity index (χ4n) is 4.45. The van der Waals surface area contributed by atoms with E-state index in [4.69, 9.17) is 10.1 Å². The Balaban J connectivity index is 1.26. The average molecular weight is 427 g/mol. The molecule has 0 spiro atoms. The van der Waals surface area contributed by atoms with Gasteiger partial charge in [-0.05, 0) is 57.0 Å². The van der Waals surface area contributed by atoms with Gasteiger partial charge in [0.15, 0.2) is 5.65 Å². The molecule has 3 heterocycles. The van der Waals surface area contributed by atoms with Crippen molar-refractivity contribution >= 4 is 33.5 Å². The summed E-state index contributed by atoms with van der Waals surface area (Å²) in [5.74, 6) is 0.995. The molecule has 0 unspecified atom stereocenters. The lowest BCUT2D eigenvalue weighted by Gasteiger charge is -2.12. The van der Waals surface area contributed by atoms with Crippen molar-refractivity contribution in [3.8, 4) is 0 Å². The molecule has 1 N–H and O–H groups in total. The zero-order chi connectivity index (χ0) is 22.2. The van der Waals surface area contributed by atoms with E-state index in [0.717, 1.165) is 50.4 Å². The summed E-state index contributed by atoms with van der Waals surface area (Å²) in [5, 5.41) is 8.80. The number of benzene rings is 2. The van der Waals surface area contributed by atoms with E-state index >= 15 is 0 Å². The molecule has 7 heteroatoms. The van der Waals surface area contributed by atoms with Crippen molar-refractivity contribution in [3.05, 3.63) is 71.3 Å². The second-order valence-corrected chi connectivity index (χ2v) is 8.16. The molecule has 3 aromatic heterocycles. The highest BCUT2D eigenvalue weighted by Gasteiger charge is 2.15. The molecule has 2 aromatic carbocycles.